The van der Waals surface area contributed by atoms with Crippen molar-refractivity contribution in [2.45, 2.75) is 44.9 Å². The molecule has 0 spiro atoms. The average molecular weight is 433 g/mol. The third kappa shape index (κ3) is 4.59. The predicted molar refractivity (Wildman–Crippen MR) is 125 cm³/mol. The molecular formula is C26H28N2O2S. The number of nitrogens with zero attached hydrogens (tertiary/aromatic N) is 1. The lowest BCUT2D eigenvalue weighted by molar-refractivity contribution is 0.0792. The molecule has 1 fully saturated rings. The zero-order valence-electron chi connectivity index (χ0n) is 17.6. The lowest BCUT2D eigenvalue weighted by atomic mass is 9.91. The van der Waals surface area contributed by atoms with Crippen LogP contribution in [0.1, 0.15) is 44.8 Å². The normalized spacial score (nSPS) is 16.5. The van der Waals surface area contributed by atoms with Crippen LogP contribution < -0.4 is 5.32 Å². The van der Waals surface area contributed by atoms with E-state index in [9.17, 15) is 9.90 Å². The molecule has 1 aromatic heterocycles. The fraction of sp³-hybridized carbons (Fsp3) is 0.346. The number of aliphatic hydroxyl groups excluding tert-OH is 1. The maximum Gasteiger partial charge on any atom is 0.261 e. The van der Waals surface area contributed by atoms with Gasteiger partial charge in [-0.15, -0.1) is 11.3 Å². The molecule has 0 bridgehead atoms. The smallest absolute Gasteiger partial charge is 0.261 e. The van der Waals surface area contributed by atoms with Crippen molar-refractivity contribution >= 4 is 17.2 Å². The Kier molecular flexibility index (Phi) is 5.90. The Labute approximate surface area is 187 Å². The van der Waals surface area contributed by atoms with E-state index in [2.05, 4.69) is 64.8 Å². The van der Waals surface area contributed by atoms with Crippen LogP contribution in [0.25, 0.3) is 10.4 Å². The predicted octanol–water partition coefficient (Wildman–Crippen LogP) is 4.40. The van der Waals surface area contributed by atoms with E-state index < -0.39 is 0 Å². The minimum atomic E-state index is -0.133. The Morgan fingerprint density at radius 3 is 2.52 bits per heavy atom. The number of hydrogen-bond donors (Lipinski definition) is 2. The fourth-order valence-electron chi connectivity index (χ4n) is 4.55. The summed E-state index contributed by atoms with van der Waals surface area (Å²) in [6, 6.07) is 19.1. The Balaban J connectivity index is 1.18. The van der Waals surface area contributed by atoms with Gasteiger partial charge in [0.1, 0.15) is 0 Å². The molecule has 1 saturated heterocycles. The quantitative estimate of drug-likeness (QED) is 0.628. The van der Waals surface area contributed by atoms with Crippen LogP contribution >= 0.6 is 11.3 Å². The van der Waals surface area contributed by atoms with E-state index in [4.69, 9.17) is 0 Å². The number of likely N-dealkylation sites (tertiary alicyclic amines) is 1. The van der Waals surface area contributed by atoms with Crippen molar-refractivity contribution in [2.75, 3.05) is 13.1 Å². The number of nitrogens with one attached hydrogen (secondary N) is 1. The van der Waals surface area contributed by atoms with Gasteiger partial charge in [-0.2, -0.15) is 0 Å². The summed E-state index contributed by atoms with van der Waals surface area (Å²) >= 11 is 1.61. The Hall–Kier alpha value is -2.47. The summed E-state index contributed by atoms with van der Waals surface area (Å²) in [5, 5.41) is 12.7. The number of carbonyl (C=O) groups is 1. The highest BCUT2D eigenvalue weighted by Gasteiger charge is 2.21. The van der Waals surface area contributed by atoms with Crippen molar-refractivity contribution in [2.24, 2.45) is 0 Å². The number of hydrogen-bond acceptors (Lipinski definition) is 4. The van der Waals surface area contributed by atoms with E-state index in [1.807, 2.05) is 0 Å². The van der Waals surface area contributed by atoms with Crippen molar-refractivity contribution in [1.29, 1.82) is 0 Å². The molecule has 0 saturated carbocycles. The third-order valence-corrected chi connectivity index (χ3v) is 7.61. The number of benzene rings is 2. The van der Waals surface area contributed by atoms with Crippen LogP contribution in [-0.4, -0.2) is 35.1 Å². The number of amides is 1. The number of carbonyl (C=O) groups excluding carboxylic acids is 1. The van der Waals surface area contributed by atoms with Crippen LogP contribution in [0.15, 0.2) is 54.6 Å². The van der Waals surface area contributed by atoms with Crippen LogP contribution in [0.4, 0.5) is 0 Å². The zero-order chi connectivity index (χ0) is 21.2. The second-order valence-electron chi connectivity index (χ2n) is 8.63. The summed E-state index contributed by atoms with van der Waals surface area (Å²) in [5.41, 5.74) is 6.34. The van der Waals surface area contributed by atoms with Gasteiger partial charge in [-0.05, 0) is 59.6 Å². The maximum atomic E-state index is 12.8. The van der Waals surface area contributed by atoms with E-state index in [0.717, 1.165) is 55.8 Å². The largest absolute Gasteiger partial charge is 0.393 e. The molecule has 2 N–H and O–H groups in total. The van der Waals surface area contributed by atoms with E-state index >= 15 is 0 Å². The van der Waals surface area contributed by atoms with Crippen LogP contribution in [0.5, 0.6) is 0 Å². The van der Waals surface area contributed by atoms with Crippen molar-refractivity contribution in [3.8, 4) is 10.4 Å². The number of rotatable bonds is 5. The highest BCUT2D eigenvalue weighted by Crippen LogP contribution is 2.39. The summed E-state index contributed by atoms with van der Waals surface area (Å²) in [6.07, 6.45) is 3.65. The van der Waals surface area contributed by atoms with E-state index in [1.54, 1.807) is 11.3 Å². The van der Waals surface area contributed by atoms with Gasteiger partial charge in [-0.25, -0.2) is 0 Å². The molecule has 31 heavy (non-hydrogen) atoms. The first-order valence-electron chi connectivity index (χ1n) is 11.1. The molecule has 0 atom stereocenters. The Morgan fingerprint density at radius 1 is 1.00 bits per heavy atom. The maximum absolute atomic E-state index is 12.8. The molecule has 5 heteroatoms. The molecule has 3 aromatic rings. The van der Waals surface area contributed by atoms with Gasteiger partial charge in [0, 0.05) is 31.1 Å². The molecule has 2 aliphatic rings. The summed E-state index contributed by atoms with van der Waals surface area (Å²) in [6.45, 7) is 3.36. The lowest BCUT2D eigenvalue weighted by Crippen LogP contribution is -2.35. The first-order chi connectivity index (χ1) is 15.2. The van der Waals surface area contributed by atoms with E-state index in [-0.39, 0.29) is 12.0 Å². The number of aliphatic hydroxyl groups is 1. The number of fused-ring (bicyclic) bond motifs is 3. The molecule has 1 aliphatic heterocycles. The summed E-state index contributed by atoms with van der Waals surface area (Å²) < 4.78 is 0. The molecule has 1 amide bonds. The van der Waals surface area contributed by atoms with Crippen LogP contribution in [0, 0.1) is 0 Å². The molecule has 160 valence electrons. The molecule has 2 heterocycles. The van der Waals surface area contributed by atoms with E-state index in [1.165, 1.54) is 27.1 Å². The van der Waals surface area contributed by atoms with Crippen molar-refractivity contribution in [1.82, 2.24) is 10.2 Å². The minimum absolute atomic E-state index is 0.00725. The minimum Gasteiger partial charge on any atom is -0.393 e. The summed E-state index contributed by atoms with van der Waals surface area (Å²) in [4.78, 5) is 17.2. The topological polar surface area (TPSA) is 52.6 Å². The van der Waals surface area contributed by atoms with Gasteiger partial charge in [0.2, 0.25) is 0 Å². The SMILES string of the molecule is O=C(NCc1ccc(CN2CCC(O)CC2)cc1)c1cc2c(s1)-c1ccccc1CC2. The molecule has 2 aromatic carbocycles. The standard InChI is InChI=1S/C26H28N2O2S/c29-22-11-13-28(14-12-22)17-19-7-5-18(6-8-19)16-27-26(30)24-15-21-10-9-20-3-1-2-4-23(20)25(21)31-24/h1-8,15,22,29H,9-14,16-17H2,(H,27,30). The van der Waals surface area contributed by atoms with Crippen molar-refractivity contribution < 1.29 is 9.90 Å². The first-order valence-corrected chi connectivity index (χ1v) is 11.9. The molecule has 0 radical (unpaired) electrons. The number of piperidine rings is 1. The molecular weight excluding hydrogens is 404 g/mol. The van der Waals surface area contributed by atoms with Crippen LogP contribution in [-0.2, 0) is 25.9 Å². The van der Waals surface area contributed by atoms with Crippen molar-refractivity contribution in [3.05, 3.63) is 81.7 Å². The number of thiophene rings is 1. The number of aryl methyl sites for hydroxylation is 2. The van der Waals surface area contributed by atoms with Gasteiger partial charge < -0.3 is 10.4 Å². The van der Waals surface area contributed by atoms with Gasteiger partial charge in [0.05, 0.1) is 11.0 Å². The zero-order valence-corrected chi connectivity index (χ0v) is 18.5. The van der Waals surface area contributed by atoms with Gasteiger partial charge in [0.15, 0.2) is 0 Å². The monoisotopic (exact) mass is 432 g/mol. The summed E-state index contributed by atoms with van der Waals surface area (Å²) in [5.74, 6) is 0.00725. The summed E-state index contributed by atoms with van der Waals surface area (Å²) in [7, 11) is 0. The van der Waals surface area contributed by atoms with E-state index in [0.29, 0.717) is 6.54 Å². The van der Waals surface area contributed by atoms with Gasteiger partial charge in [-0.1, -0.05) is 48.5 Å². The van der Waals surface area contributed by atoms with Gasteiger partial charge >= 0.3 is 0 Å². The third-order valence-electron chi connectivity index (χ3n) is 6.40. The highest BCUT2D eigenvalue weighted by molar-refractivity contribution is 7.17. The molecule has 1 aliphatic carbocycles. The van der Waals surface area contributed by atoms with Gasteiger partial charge in [0.25, 0.3) is 5.91 Å². The van der Waals surface area contributed by atoms with Gasteiger partial charge in [-0.3, -0.25) is 9.69 Å². The van der Waals surface area contributed by atoms with Crippen LogP contribution in [0.2, 0.25) is 0 Å². The van der Waals surface area contributed by atoms with Crippen LogP contribution in [0.3, 0.4) is 0 Å². The van der Waals surface area contributed by atoms with Crippen molar-refractivity contribution in [3.63, 3.8) is 0 Å². The lowest BCUT2D eigenvalue weighted by Gasteiger charge is -2.29. The highest BCUT2D eigenvalue weighted by atomic mass is 32.1. The Morgan fingerprint density at radius 2 is 1.71 bits per heavy atom. The average Bonchev–Trinajstić information content (AvgIpc) is 3.25. The second-order valence-corrected chi connectivity index (χ2v) is 9.68. The Bertz CT molecular complexity index is 1070. The molecule has 5 rings (SSSR count). The molecule has 4 nitrogen and oxygen atoms in total. The second kappa shape index (κ2) is 8.95. The molecule has 0 unspecified atom stereocenters. The fourth-order valence-corrected chi connectivity index (χ4v) is 5.74. The first kappa shape index (κ1) is 20.4.